The molecule has 26 heavy (non-hydrogen) atoms. The number of nitrogens with two attached hydrogens (primary N) is 2. The molecule has 0 heterocycles. The molecule has 5 nitrogen and oxygen atoms in total. The largest absolute Gasteiger partial charge is 0.382 e. The summed E-state index contributed by atoms with van der Waals surface area (Å²) in [7, 11) is 0. The fraction of sp³-hybridized carbons (Fsp3) is 0.190. The molecule has 0 aromatic heterocycles. The molecule has 0 saturated heterocycles. The lowest BCUT2D eigenvalue weighted by atomic mass is 10.0. The minimum atomic E-state index is -1.36. The quantitative estimate of drug-likeness (QED) is 0.362. The third-order valence-electron chi connectivity index (χ3n) is 4.53. The maximum atomic E-state index is 12.6. The summed E-state index contributed by atoms with van der Waals surface area (Å²) in [5, 5.41) is 13.2. The number of hydrogen-bond donors (Lipinski definition) is 3. The highest BCUT2D eigenvalue weighted by Crippen LogP contribution is 2.25. The minimum Gasteiger partial charge on any atom is -0.382 e. The molecule has 0 bridgehead atoms. The van der Waals surface area contributed by atoms with Gasteiger partial charge < -0.3 is 10.8 Å². The topological polar surface area (TPSA) is 92.6 Å². The van der Waals surface area contributed by atoms with E-state index in [4.69, 9.17) is 11.6 Å². The van der Waals surface area contributed by atoms with E-state index in [0.29, 0.717) is 18.5 Å². The molecule has 0 aliphatic heterocycles. The normalized spacial score (nSPS) is 13.3. The number of benzene rings is 3. The highest BCUT2D eigenvalue weighted by molar-refractivity contribution is 6.04. The Morgan fingerprint density at radius 1 is 0.962 bits per heavy atom. The molecule has 0 fully saturated rings. The Morgan fingerprint density at radius 2 is 1.62 bits per heavy atom. The monoisotopic (exact) mass is 349 g/mol. The fourth-order valence-corrected chi connectivity index (χ4v) is 3.00. The van der Waals surface area contributed by atoms with E-state index in [0.717, 1.165) is 21.3 Å². The Labute approximate surface area is 152 Å². The number of nitrogens with zero attached hydrogens (tertiary/aromatic N) is 1. The molecule has 0 spiro atoms. The lowest BCUT2D eigenvalue weighted by Gasteiger charge is -2.25. The van der Waals surface area contributed by atoms with Crippen LogP contribution in [0.3, 0.4) is 0 Å². The van der Waals surface area contributed by atoms with Gasteiger partial charge in [-0.25, -0.2) is 10.9 Å². The predicted octanol–water partition coefficient (Wildman–Crippen LogP) is 2.37. The fourth-order valence-electron chi connectivity index (χ4n) is 3.00. The molecule has 5 heteroatoms. The number of amides is 1. The minimum absolute atomic E-state index is 0.486. The van der Waals surface area contributed by atoms with Gasteiger partial charge in [-0.1, -0.05) is 66.7 Å². The van der Waals surface area contributed by atoms with Crippen LogP contribution in [0.4, 0.5) is 5.69 Å². The van der Waals surface area contributed by atoms with E-state index in [-0.39, 0.29) is 0 Å². The van der Waals surface area contributed by atoms with Crippen LogP contribution >= 0.6 is 0 Å². The van der Waals surface area contributed by atoms with Crippen molar-refractivity contribution in [2.45, 2.75) is 25.0 Å². The van der Waals surface area contributed by atoms with E-state index in [1.807, 2.05) is 66.7 Å². The first kappa shape index (κ1) is 18.1. The van der Waals surface area contributed by atoms with Crippen LogP contribution in [0.25, 0.3) is 10.8 Å². The maximum Gasteiger partial charge on any atom is 0.271 e. The van der Waals surface area contributed by atoms with Crippen LogP contribution in [0.1, 0.15) is 12.0 Å². The highest BCUT2D eigenvalue weighted by atomic mass is 16.3. The van der Waals surface area contributed by atoms with Gasteiger partial charge in [0, 0.05) is 11.4 Å². The summed E-state index contributed by atoms with van der Waals surface area (Å²) in [6.45, 7) is 0. The lowest BCUT2D eigenvalue weighted by molar-refractivity contribution is -0.127. The molecule has 1 amide bonds. The van der Waals surface area contributed by atoms with Crippen LogP contribution in [0.5, 0.6) is 0 Å². The number of aliphatic hydroxyl groups is 1. The molecular formula is C21H23N3O2. The van der Waals surface area contributed by atoms with Gasteiger partial charge >= 0.3 is 0 Å². The van der Waals surface area contributed by atoms with Gasteiger partial charge in [0.2, 0.25) is 0 Å². The van der Waals surface area contributed by atoms with E-state index >= 15 is 0 Å². The Balaban J connectivity index is 1.70. The first-order valence-corrected chi connectivity index (χ1v) is 8.62. The summed E-state index contributed by atoms with van der Waals surface area (Å²) in [5.41, 5.74) is 7.70. The van der Waals surface area contributed by atoms with Crippen LogP contribution in [0.2, 0.25) is 0 Å². The van der Waals surface area contributed by atoms with Crippen molar-refractivity contribution in [3.8, 4) is 0 Å². The van der Waals surface area contributed by atoms with Crippen LogP contribution in [0, 0.1) is 0 Å². The predicted molar refractivity (Wildman–Crippen MR) is 104 cm³/mol. The average molecular weight is 349 g/mol. The Hall–Kier alpha value is -2.73. The van der Waals surface area contributed by atoms with Gasteiger partial charge in [0.15, 0.2) is 0 Å². The molecule has 5 N–H and O–H groups in total. The summed E-state index contributed by atoms with van der Waals surface area (Å²) in [4.78, 5) is 12.6. The zero-order chi connectivity index (χ0) is 18.5. The number of fused-ring (bicyclic) bond motifs is 1. The first-order valence-electron chi connectivity index (χ1n) is 8.62. The number of carbonyl (C=O) groups is 1. The third-order valence-corrected chi connectivity index (χ3v) is 4.53. The zero-order valence-electron chi connectivity index (χ0n) is 14.5. The molecule has 3 aromatic rings. The van der Waals surface area contributed by atoms with Crippen molar-refractivity contribution in [2.75, 3.05) is 5.01 Å². The summed E-state index contributed by atoms with van der Waals surface area (Å²) in [6, 6.07) is 22.3. The number of anilines is 1. The number of hydrazine groups is 1. The second-order valence-electron chi connectivity index (χ2n) is 6.34. The van der Waals surface area contributed by atoms with E-state index in [1.54, 1.807) is 6.07 Å². The molecular weight excluding hydrogens is 326 g/mol. The molecule has 2 atom stereocenters. The van der Waals surface area contributed by atoms with Gasteiger partial charge in [0.25, 0.3) is 5.91 Å². The molecule has 0 radical (unpaired) electrons. The van der Waals surface area contributed by atoms with Gasteiger partial charge in [-0.15, -0.1) is 0 Å². The van der Waals surface area contributed by atoms with E-state index in [9.17, 15) is 9.90 Å². The number of aliphatic hydroxyl groups excluding tert-OH is 1. The van der Waals surface area contributed by atoms with Gasteiger partial charge in [0.1, 0.15) is 6.10 Å². The molecule has 3 rings (SSSR count). The molecule has 0 aliphatic rings. The van der Waals surface area contributed by atoms with Crippen molar-refractivity contribution in [1.29, 1.82) is 0 Å². The van der Waals surface area contributed by atoms with Crippen molar-refractivity contribution in [1.82, 2.24) is 0 Å². The van der Waals surface area contributed by atoms with Crippen LogP contribution in [0.15, 0.2) is 72.8 Å². The summed E-state index contributed by atoms with van der Waals surface area (Å²) >= 11 is 0. The van der Waals surface area contributed by atoms with Crippen molar-refractivity contribution in [3.05, 3.63) is 78.4 Å². The maximum absolute atomic E-state index is 12.6. The molecule has 3 aromatic carbocycles. The summed E-state index contributed by atoms with van der Waals surface area (Å²) < 4.78 is 0. The lowest BCUT2D eigenvalue weighted by Crippen LogP contribution is -2.51. The number of rotatable bonds is 6. The van der Waals surface area contributed by atoms with Crippen LogP contribution < -0.4 is 16.6 Å². The van der Waals surface area contributed by atoms with Gasteiger partial charge in [-0.05, 0) is 29.9 Å². The van der Waals surface area contributed by atoms with E-state index in [2.05, 4.69) is 0 Å². The van der Waals surface area contributed by atoms with Gasteiger partial charge in [-0.2, -0.15) is 0 Å². The molecule has 1 unspecified atom stereocenters. The Bertz CT molecular complexity index is 877. The van der Waals surface area contributed by atoms with E-state index < -0.39 is 18.1 Å². The van der Waals surface area contributed by atoms with E-state index in [1.165, 1.54) is 0 Å². The molecule has 0 saturated carbocycles. The molecule has 0 aliphatic carbocycles. The SMILES string of the molecule is N[C@H](CCc1ccccc1)C(O)C(=O)N(N)c1cccc2ccccc12. The third kappa shape index (κ3) is 3.91. The smallest absolute Gasteiger partial charge is 0.271 e. The van der Waals surface area contributed by atoms with Crippen LogP contribution in [-0.4, -0.2) is 23.2 Å². The number of carbonyl (C=O) groups excluding carboxylic acids is 1. The van der Waals surface area contributed by atoms with Crippen molar-refractivity contribution in [2.24, 2.45) is 11.6 Å². The second-order valence-corrected chi connectivity index (χ2v) is 6.34. The van der Waals surface area contributed by atoms with Crippen LogP contribution in [-0.2, 0) is 11.2 Å². The molecule has 134 valence electrons. The number of hydrogen-bond acceptors (Lipinski definition) is 4. The Morgan fingerprint density at radius 3 is 2.38 bits per heavy atom. The van der Waals surface area contributed by atoms with Gasteiger partial charge in [-0.3, -0.25) is 4.79 Å². The van der Waals surface area contributed by atoms with Crippen molar-refractivity contribution >= 4 is 22.4 Å². The highest BCUT2D eigenvalue weighted by Gasteiger charge is 2.27. The Kier molecular flexibility index (Phi) is 5.63. The average Bonchev–Trinajstić information content (AvgIpc) is 2.70. The standard InChI is InChI=1S/C21H23N3O2/c22-18(14-13-15-7-2-1-3-8-15)20(25)21(26)24(23)19-12-6-10-16-9-4-5-11-17(16)19/h1-12,18,20,25H,13-14,22-23H2/t18-,20?/m1/s1. The first-order chi connectivity index (χ1) is 12.6. The zero-order valence-corrected chi connectivity index (χ0v) is 14.5. The van der Waals surface area contributed by atoms with Crippen molar-refractivity contribution in [3.63, 3.8) is 0 Å². The summed E-state index contributed by atoms with van der Waals surface area (Å²) in [6.07, 6.45) is -0.187. The van der Waals surface area contributed by atoms with Crippen molar-refractivity contribution < 1.29 is 9.90 Å². The second kappa shape index (κ2) is 8.10. The summed E-state index contributed by atoms with van der Waals surface area (Å²) in [5.74, 6) is 5.41. The van der Waals surface area contributed by atoms with Gasteiger partial charge in [0.05, 0.1) is 5.69 Å². The number of aryl methyl sites for hydroxylation is 1.